The van der Waals surface area contributed by atoms with Crippen LogP contribution in [0.2, 0.25) is 0 Å². The van der Waals surface area contributed by atoms with Gasteiger partial charge in [0.2, 0.25) is 0 Å². The molecule has 0 fully saturated rings. The van der Waals surface area contributed by atoms with E-state index in [2.05, 4.69) is 21.4 Å². The molecule has 0 aliphatic carbocycles. The fraction of sp³-hybridized carbons (Fsp3) is 0.684. The molecule has 0 radical (unpaired) electrons. The third-order valence-electron chi connectivity index (χ3n) is 3.97. The number of Topliss-reactive ketones (excluding diaryl/α,β-unsaturated/α-hetero) is 1. The first-order valence-electron chi connectivity index (χ1n) is 8.93. The Labute approximate surface area is 166 Å². The van der Waals surface area contributed by atoms with Gasteiger partial charge in [0.25, 0.3) is 5.78 Å². The number of nitrogens with one attached hydrogen (secondary N) is 1. The first kappa shape index (κ1) is 25.5. The summed E-state index contributed by atoms with van der Waals surface area (Å²) >= 11 is 0. The van der Waals surface area contributed by atoms with E-state index in [1.54, 1.807) is 34.0 Å². The lowest BCUT2D eigenvalue weighted by Crippen LogP contribution is -2.47. The van der Waals surface area contributed by atoms with E-state index in [0.29, 0.717) is 13.0 Å². The topological polar surface area (TPSA) is 127 Å². The number of esters is 1. The normalized spacial score (nSPS) is 14.1. The van der Waals surface area contributed by atoms with E-state index >= 15 is 0 Å². The minimum absolute atomic E-state index is 0.0524. The standard InChI is InChI=1S/C19H31N3O6/c1-8-9-13(12(2)11-26-6)14(21-18(25)28-19(3,4)5)10-15(23)16(22-20)17(24)27-7/h8,12-14H,1,9-11H2,2-7H3,(H,21,25)/t12-,13-,14+/m1/s1. The second-order valence-corrected chi connectivity index (χ2v) is 7.44. The molecule has 158 valence electrons. The largest absolute Gasteiger partial charge is 0.460 e. The van der Waals surface area contributed by atoms with Gasteiger partial charge in [0.1, 0.15) is 5.60 Å². The van der Waals surface area contributed by atoms with Crippen LogP contribution in [0.1, 0.15) is 40.5 Å². The van der Waals surface area contributed by atoms with Crippen molar-refractivity contribution in [1.82, 2.24) is 5.32 Å². The highest BCUT2D eigenvalue weighted by Crippen LogP contribution is 2.24. The van der Waals surface area contributed by atoms with Crippen LogP contribution in [0.5, 0.6) is 0 Å². The minimum Gasteiger partial charge on any atom is -0.460 e. The van der Waals surface area contributed by atoms with Crippen LogP contribution in [0.4, 0.5) is 4.79 Å². The summed E-state index contributed by atoms with van der Waals surface area (Å²) in [6.45, 7) is 11.2. The number of hydrogen-bond donors (Lipinski definition) is 1. The summed E-state index contributed by atoms with van der Waals surface area (Å²) in [6, 6.07) is -0.716. The molecule has 0 saturated heterocycles. The van der Waals surface area contributed by atoms with E-state index in [4.69, 9.17) is 15.0 Å². The summed E-state index contributed by atoms with van der Waals surface area (Å²) in [7, 11) is 2.62. The van der Waals surface area contributed by atoms with Gasteiger partial charge < -0.3 is 25.1 Å². The van der Waals surface area contributed by atoms with Gasteiger partial charge in [0.05, 0.1) is 7.11 Å². The van der Waals surface area contributed by atoms with Crippen molar-refractivity contribution in [2.24, 2.45) is 11.8 Å². The number of hydrogen-bond acceptors (Lipinski definition) is 6. The van der Waals surface area contributed by atoms with Crippen molar-refractivity contribution < 1.29 is 33.4 Å². The molecular formula is C19H31N3O6. The number of allylic oxidation sites excluding steroid dienone is 1. The van der Waals surface area contributed by atoms with E-state index in [1.165, 1.54) is 0 Å². The number of carbonyl (C=O) groups is 3. The molecule has 0 bridgehead atoms. The Bertz CT molecular complexity index is 620. The summed E-state index contributed by atoms with van der Waals surface area (Å²) in [4.78, 5) is 39.2. The molecule has 0 aliphatic rings. The van der Waals surface area contributed by atoms with E-state index in [1.807, 2.05) is 6.92 Å². The molecule has 3 atom stereocenters. The van der Waals surface area contributed by atoms with Crippen LogP contribution >= 0.6 is 0 Å². The van der Waals surface area contributed by atoms with Crippen LogP contribution in [-0.4, -0.2) is 60.8 Å². The molecule has 0 heterocycles. The van der Waals surface area contributed by atoms with E-state index in [0.717, 1.165) is 7.11 Å². The van der Waals surface area contributed by atoms with Crippen LogP contribution in [-0.2, 0) is 23.8 Å². The molecular weight excluding hydrogens is 366 g/mol. The van der Waals surface area contributed by atoms with Crippen LogP contribution in [0.25, 0.3) is 5.53 Å². The number of rotatable bonds is 11. The Balaban J connectivity index is 5.71. The fourth-order valence-corrected chi connectivity index (χ4v) is 2.74. The lowest BCUT2D eigenvalue weighted by molar-refractivity contribution is -0.139. The maximum Gasteiger partial charge on any atom is 0.441 e. The molecule has 28 heavy (non-hydrogen) atoms. The van der Waals surface area contributed by atoms with Gasteiger partial charge in [0, 0.05) is 26.2 Å². The lowest BCUT2D eigenvalue weighted by Gasteiger charge is -2.32. The van der Waals surface area contributed by atoms with Gasteiger partial charge in [0.15, 0.2) is 0 Å². The molecule has 0 aromatic rings. The molecule has 0 unspecified atom stereocenters. The molecule has 0 aromatic heterocycles. The highest BCUT2D eigenvalue weighted by Gasteiger charge is 2.37. The van der Waals surface area contributed by atoms with Crippen molar-refractivity contribution in [3.8, 4) is 0 Å². The van der Waals surface area contributed by atoms with Crippen LogP contribution in [0.15, 0.2) is 12.7 Å². The Hall–Kier alpha value is -2.51. The number of ketones is 1. The predicted octanol–water partition coefficient (Wildman–Crippen LogP) is 2.16. The molecule has 0 aliphatic heterocycles. The van der Waals surface area contributed by atoms with Crippen molar-refractivity contribution in [3.05, 3.63) is 18.2 Å². The summed E-state index contributed by atoms with van der Waals surface area (Å²) < 4.78 is 14.9. The summed E-state index contributed by atoms with van der Waals surface area (Å²) in [5.41, 5.74) is 7.53. The second-order valence-electron chi connectivity index (χ2n) is 7.44. The monoisotopic (exact) mass is 397 g/mol. The van der Waals surface area contributed by atoms with Gasteiger partial charge in [-0.1, -0.05) is 13.0 Å². The van der Waals surface area contributed by atoms with Crippen LogP contribution in [0.3, 0.4) is 0 Å². The van der Waals surface area contributed by atoms with E-state index in [-0.39, 0.29) is 18.3 Å². The highest BCUT2D eigenvalue weighted by atomic mass is 16.6. The smallest absolute Gasteiger partial charge is 0.441 e. The molecule has 9 nitrogen and oxygen atoms in total. The van der Waals surface area contributed by atoms with Gasteiger partial charge in [-0.3, -0.25) is 4.79 Å². The average Bonchev–Trinajstić information content (AvgIpc) is 2.57. The zero-order valence-electron chi connectivity index (χ0n) is 17.5. The average molecular weight is 397 g/mol. The second kappa shape index (κ2) is 12.0. The fourth-order valence-electron chi connectivity index (χ4n) is 2.74. The minimum atomic E-state index is -1.06. The Kier molecular flexibility index (Phi) is 11.0. The zero-order chi connectivity index (χ0) is 21.9. The van der Waals surface area contributed by atoms with Crippen molar-refractivity contribution in [2.45, 2.75) is 52.2 Å². The Morgan fingerprint density at radius 1 is 1.25 bits per heavy atom. The van der Waals surface area contributed by atoms with E-state index < -0.39 is 35.2 Å². The number of carbonyl (C=O) groups excluding carboxylic acids is 3. The van der Waals surface area contributed by atoms with Gasteiger partial charge in [-0.05, 0) is 39.0 Å². The third kappa shape index (κ3) is 8.92. The maximum atomic E-state index is 12.5. The number of amides is 1. The van der Waals surface area contributed by atoms with Crippen LogP contribution in [0, 0.1) is 11.8 Å². The van der Waals surface area contributed by atoms with Gasteiger partial charge in [-0.15, -0.1) is 6.58 Å². The predicted molar refractivity (Wildman–Crippen MR) is 103 cm³/mol. The Morgan fingerprint density at radius 2 is 1.86 bits per heavy atom. The quantitative estimate of drug-likeness (QED) is 0.142. The zero-order valence-corrected chi connectivity index (χ0v) is 17.5. The summed E-state index contributed by atoms with van der Waals surface area (Å²) in [6.07, 6.45) is 1.15. The van der Waals surface area contributed by atoms with Crippen molar-refractivity contribution in [1.29, 1.82) is 0 Å². The molecule has 0 spiro atoms. The number of ether oxygens (including phenoxy) is 3. The lowest BCUT2D eigenvalue weighted by atomic mass is 9.82. The maximum absolute atomic E-state index is 12.5. The molecule has 1 amide bonds. The summed E-state index contributed by atoms with van der Waals surface area (Å²) in [5, 5.41) is 2.69. The molecule has 0 aromatic carbocycles. The molecule has 0 saturated carbocycles. The molecule has 0 rings (SSSR count). The number of nitrogens with zero attached hydrogens (tertiary/aromatic N) is 2. The number of methoxy groups -OCH3 is 2. The van der Waals surface area contributed by atoms with Crippen molar-refractivity contribution in [3.63, 3.8) is 0 Å². The Morgan fingerprint density at radius 3 is 2.29 bits per heavy atom. The SMILES string of the molecule is C=CC[C@H]([C@H](C)COC)[C@H](CC(=O)C(=[N+]=[N-])C(=O)OC)NC(=O)OC(C)(C)C. The van der Waals surface area contributed by atoms with Gasteiger partial charge >= 0.3 is 17.8 Å². The first-order chi connectivity index (χ1) is 13.0. The van der Waals surface area contributed by atoms with Crippen LogP contribution < -0.4 is 5.32 Å². The van der Waals surface area contributed by atoms with Crippen molar-refractivity contribution in [2.75, 3.05) is 20.8 Å². The van der Waals surface area contributed by atoms with E-state index in [9.17, 15) is 14.4 Å². The van der Waals surface area contributed by atoms with Crippen molar-refractivity contribution >= 4 is 23.6 Å². The first-order valence-corrected chi connectivity index (χ1v) is 8.93. The third-order valence-corrected chi connectivity index (χ3v) is 3.97. The number of alkyl carbamates (subject to hydrolysis) is 1. The highest BCUT2D eigenvalue weighted by molar-refractivity contribution is 6.62. The van der Waals surface area contributed by atoms with Gasteiger partial charge in [-0.25, -0.2) is 9.59 Å². The van der Waals surface area contributed by atoms with Gasteiger partial charge in [-0.2, -0.15) is 4.79 Å². The summed E-state index contributed by atoms with van der Waals surface area (Å²) in [5.74, 6) is -2.13. The molecule has 9 heteroatoms. The molecule has 1 N–H and O–H groups in total.